The van der Waals surface area contributed by atoms with Crippen LogP contribution in [-0.4, -0.2) is 57.0 Å². The second-order valence-corrected chi connectivity index (χ2v) is 8.46. The second-order valence-electron chi connectivity index (χ2n) is 6.37. The Morgan fingerprint density at radius 3 is 2.62 bits per heavy atom. The van der Waals surface area contributed by atoms with Crippen molar-refractivity contribution in [2.24, 2.45) is 0 Å². The molecule has 2 rings (SSSR count). The highest BCUT2D eigenvalue weighted by Gasteiger charge is 2.40. The first-order chi connectivity index (χ1) is 11.3. The second kappa shape index (κ2) is 7.82. The number of hydrogen-bond acceptors (Lipinski definition) is 5. The monoisotopic (exact) mass is 356 g/mol. The number of benzene rings is 1. The van der Waals surface area contributed by atoms with Gasteiger partial charge in [0.2, 0.25) is 10.0 Å². The SMILES string of the molecule is CCS(=O)(=O)NCCN1CCC[C@H]1[C@@](C)(O)c1ccc(OC)cc1. The molecule has 0 radical (unpaired) electrons. The molecule has 1 aliphatic heterocycles. The van der Waals surface area contributed by atoms with Gasteiger partial charge < -0.3 is 9.84 Å². The molecular weight excluding hydrogens is 328 g/mol. The fourth-order valence-corrected chi connectivity index (χ4v) is 3.90. The lowest BCUT2D eigenvalue weighted by atomic mass is 9.86. The van der Waals surface area contributed by atoms with Gasteiger partial charge in [0.25, 0.3) is 0 Å². The van der Waals surface area contributed by atoms with Crippen LogP contribution in [0.15, 0.2) is 24.3 Å². The van der Waals surface area contributed by atoms with Crippen LogP contribution in [0.2, 0.25) is 0 Å². The van der Waals surface area contributed by atoms with Crippen molar-refractivity contribution in [2.75, 3.05) is 32.5 Å². The molecule has 1 aliphatic rings. The van der Waals surface area contributed by atoms with Gasteiger partial charge in [0.05, 0.1) is 12.9 Å². The first-order valence-corrected chi connectivity index (χ1v) is 10.0. The van der Waals surface area contributed by atoms with Crippen LogP contribution in [-0.2, 0) is 15.6 Å². The molecule has 0 aliphatic carbocycles. The van der Waals surface area contributed by atoms with Gasteiger partial charge in [-0.3, -0.25) is 4.90 Å². The summed E-state index contributed by atoms with van der Waals surface area (Å²) in [4.78, 5) is 2.17. The molecule has 24 heavy (non-hydrogen) atoms. The van der Waals surface area contributed by atoms with Crippen LogP contribution in [0, 0.1) is 0 Å². The number of sulfonamides is 1. The molecule has 0 unspecified atom stereocenters. The van der Waals surface area contributed by atoms with E-state index in [1.807, 2.05) is 31.2 Å². The average molecular weight is 356 g/mol. The zero-order chi connectivity index (χ0) is 17.8. The Labute approximate surface area is 144 Å². The molecule has 1 saturated heterocycles. The third kappa shape index (κ3) is 4.47. The van der Waals surface area contributed by atoms with Crippen molar-refractivity contribution >= 4 is 10.0 Å². The van der Waals surface area contributed by atoms with Gasteiger partial charge in [0.1, 0.15) is 11.4 Å². The van der Waals surface area contributed by atoms with Crippen LogP contribution in [0.5, 0.6) is 5.75 Å². The first-order valence-electron chi connectivity index (χ1n) is 8.38. The lowest BCUT2D eigenvalue weighted by Gasteiger charge is -2.37. The normalized spacial score (nSPS) is 21.6. The van der Waals surface area contributed by atoms with Gasteiger partial charge in [-0.05, 0) is 50.9 Å². The number of aliphatic hydroxyl groups is 1. The summed E-state index contributed by atoms with van der Waals surface area (Å²) in [7, 11) is -1.56. The van der Waals surface area contributed by atoms with E-state index in [0.29, 0.717) is 13.1 Å². The van der Waals surface area contributed by atoms with E-state index in [1.165, 1.54) is 0 Å². The molecule has 0 bridgehead atoms. The Balaban J connectivity index is 2.04. The highest BCUT2D eigenvalue weighted by atomic mass is 32.2. The largest absolute Gasteiger partial charge is 0.497 e. The third-order valence-corrected chi connectivity index (χ3v) is 6.19. The molecule has 0 spiro atoms. The highest BCUT2D eigenvalue weighted by molar-refractivity contribution is 7.89. The average Bonchev–Trinajstić information content (AvgIpc) is 3.04. The molecular formula is C17H28N2O4S. The Bertz CT molecular complexity index is 628. The zero-order valence-electron chi connectivity index (χ0n) is 14.7. The molecule has 6 nitrogen and oxygen atoms in total. The number of nitrogens with one attached hydrogen (secondary N) is 1. The fourth-order valence-electron chi connectivity index (χ4n) is 3.30. The Hall–Kier alpha value is -1.15. The maximum Gasteiger partial charge on any atom is 0.211 e. The summed E-state index contributed by atoms with van der Waals surface area (Å²) >= 11 is 0. The number of ether oxygens (including phenoxy) is 1. The quantitative estimate of drug-likeness (QED) is 0.734. The van der Waals surface area contributed by atoms with E-state index >= 15 is 0 Å². The smallest absolute Gasteiger partial charge is 0.211 e. The molecule has 1 aromatic rings. The van der Waals surface area contributed by atoms with Gasteiger partial charge in [0.15, 0.2) is 0 Å². The third-order valence-electron chi connectivity index (χ3n) is 4.79. The lowest BCUT2D eigenvalue weighted by molar-refractivity contribution is -0.0222. The van der Waals surface area contributed by atoms with Crippen molar-refractivity contribution in [3.63, 3.8) is 0 Å². The molecule has 0 aromatic heterocycles. The molecule has 2 atom stereocenters. The molecule has 1 aromatic carbocycles. The van der Waals surface area contributed by atoms with Gasteiger partial charge in [0, 0.05) is 19.1 Å². The van der Waals surface area contributed by atoms with Crippen molar-refractivity contribution in [1.82, 2.24) is 9.62 Å². The number of methoxy groups -OCH3 is 1. The lowest BCUT2D eigenvalue weighted by Crippen LogP contribution is -2.48. The van der Waals surface area contributed by atoms with E-state index in [-0.39, 0.29) is 11.8 Å². The minimum absolute atomic E-state index is 0.0305. The van der Waals surface area contributed by atoms with Crippen molar-refractivity contribution < 1.29 is 18.3 Å². The topological polar surface area (TPSA) is 78.9 Å². The number of hydrogen-bond donors (Lipinski definition) is 2. The fraction of sp³-hybridized carbons (Fsp3) is 0.647. The van der Waals surface area contributed by atoms with Crippen LogP contribution in [0.1, 0.15) is 32.3 Å². The molecule has 1 fully saturated rings. The summed E-state index contributed by atoms with van der Waals surface area (Å²) in [5.41, 5.74) is -0.152. The predicted molar refractivity (Wildman–Crippen MR) is 94.6 cm³/mol. The van der Waals surface area contributed by atoms with Crippen LogP contribution >= 0.6 is 0 Å². The van der Waals surface area contributed by atoms with E-state index in [9.17, 15) is 13.5 Å². The predicted octanol–water partition coefficient (Wildman–Crippen LogP) is 1.31. The van der Waals surface area contributed by atoms with Crippen LogP contribution < -0.4 is 9.46 Å². The van der Waals surface area contributed by atoms with Gasteiger partial charge in [-0.2, -0.15) is 0 Å². The molecule has 7 heteroatoms. The molecule has 0 saturated carbocycles. The van der Waals surface area contributed by atoms with Crippen molar-refractivity contribution in [1.29, 1.82) is 0 Å². The minimum atomic E-state index is -3.18. The van der Waals surface area contributed by atoms with E-state index in [0.717, 1.165) is 30.7 Å². The number of rotatable bonds is 8. The maximum atomic E-state index is 11.5. The summed E-state index contributed by atoms with van der Waals surface area (Å²) in [6.07, 6.45) is 1.89. The Kier molecular flexibility index (Phi) is 6.25. The summed E-state index contributed by atoms with van der Waals surface area (Å²) in [5, 5.41) is 11.1. The Morgan fingerprint density at radius 2 is 2.04 bits per heavy atom. The van der Waals surface area contributed by atoms with Crippen molar-refractivity contribution in [3.8, 4) is 5.75 Å². The van der Waals surface area contributed by atoms with E-state index in [2.05, 4.69) is 9.62 Å². The highest BCUT2D eigenvalue weighted by Crippen LogP contribution is 2.35. The summed E-state index contributed by atoms with van der Waals surface area (Å²) in [5.74, 6) is 0.840. The maximum absolute atomic E-state index is 11.5. The van der Waals surface area contributed by atoms with Crippen LogP contribution in [0.3, 0.4) is 0 Å². The summed E-state index contributed by atoms with van der Waals surface area (Å²) < 4.78 is 30.8. The van der Waals surface area contributed by atoms with Gasteiger partial charge in [-0.25, -0.2) is 13.1 Å². The van der Waals surface area contributed by atoms with Crippen molar-refractivity contribution in [2.45, 2.75) is 38.3 Å². The number of likely N-dealkylation sites (tertiary alicyclic amines) is 1. The molecule has 0 amide bonds. The van der Waals surface area contributed by atoms with E-state index < -0.39 is 15.6 Å². The van der Waals surface area contributed by atoms with Gasteiger partial charge in [-0.1, -0.05) is 12.1 Å². The Morgan fingerprint density at radius 1 is 1.38 bits per heavy atom. The van der Waals surface area contributed by atoms with E-state index in [1.54, 1.807) is 14.0 Å². The molecule has 2 N–H and O–H groups in total. The molecule has 136 valence electrons. The zero-order valence-corrected chi connectivity index (χ0v) is 15.5. The summed E-state index contributed by atoms with van der Waals surface area (Å²) in [6.45, 7) is 5.27. The summed E-state index contributed by atoms with van der Waals surface area (Å²) in [6, 6.07) is 7.43. The van der Waals surface area contributed by atoms with Gasteiger partial charge >= 0.3 is 0 Å². The van der Waals surface area contributed by atoms with Crippen LogP contribution in [0.25, 0.3) is 0 Å². The minimum Gasteiger partial charge on any atom is -0.497 e. The molecule has 1 heterocycles. The standard InChI is InChI=1S/C17H28N2O4S/c1-4-24(21,22)18-11-13-19-12-5-6-16(19)17(2,20)14-7-9-15(23-3)10-8-14/h7-10,16,18,20H,4-6,11-13H2,1-3H3/t16-,17-/m0/s1. The van der Waals surface area contributed by atoms with E-state index in [4.69, 9.17) is 4.74 Å². The number of nitrogens with zero attached hydrogens (tertiary/aromatic N) is 1. The van der Waals surface area contributed by atoms with Crippen LogP contribution in [0.4, 0.5) is 0 Å². The van der Waals surface area contributed by atoms with Crippen molar-refractivity contribution in [3.05, 3.63) is 29.8 Å². The first kappa shape index (κ1) is 19.2. The van der Waals surface area contributed by atoms with Gasteiger partial charge in [-0.15, -0.1) is 0 Å².